The molecule has 0 spiro atoms. The summed E-state index contributed by atoms with van der Waals surface area (Å²) in [5.74, 6) is -0.394. The zero-order chi connectivity index (χ0) is 17.1. The molecule has 0 bridgehead atoms. The Morgan fingerprint density at radius 1 is 1.17 bits per heavy atom. The van der Waals surface area contributed by atoms with E-state index in [-0.39, 0.29) is 18.1 Å². The van der Waals surface area contributed by atoms with Gasteiger partial charge in [-0.15, -0.1) is 0 Å². The van der Waals surface area contributed by atoms with Crippen molar-refractivity contribution in [1.29, 1.82) is 0 Å². The van der Waals surface area contributed by atoms with Crippen LogP contribution in [-0.4, -0.2) is 24.9 Å². The number of carbonyl (C=O) groups excluding carboxylic acids is 1. The maximum Gasteiger partial charge on any atom is 0.226 e. The Labute approximate surface area is 141 Å². The minimum absolute atomic E-state index is 0.00795. The number of hydrogen-bond donors (Lipinski definition) is 1. The third-order valence-corrected chi connectivity index (χ3v) is 4.10. The average molecular weight is 335 g/mol. The van der Waals surface area contributed by atoms with Gasteiger partial charge in [0, 0.05) is 30.4 Å². The van der Waals surface area contributed by atoms with Crippen LogP contribution in [0, 0.1) is 19.7 Å². The maximum absolute atomic E-state index is 14.3. The molecule has 1 N–H and O–H groups in total. The molecule has 3 nitrogen and oxygen atoms in total. The molecule has 122 valence electrons. The number of aryl methyl sites for hydroxylation is 1. The van der Waals surface area contributed by atoms with E-state index in [1.807, 2.05) is 25.1 Å². The number of nitrogens with one attached hydrogen (secondary N) is 1. The lowest BCUT2D eigenvalue weighted by molar-refractivity contribution is -0.127. The smallest absolute Gasteiger partial charge is 0.226 e. The van der Waals surface area contributed by atoms with Crippen LogP contribution >= 0.6 is 11.6 Å². The van der Waals surface area contributed by atoms with Crippen LogP contribution in [0.1, 0.15) is 16.7 Å². The standard InChI is InChI=1S/C18H20ClFN2O/c1-11-5-7-15(13(9-11)10-17(23)22(3)4)21-16-8-6-14(19)12(2)18(16)20/h5-9,21H,10H2,1-4H3. The van der Waals surface area contributed by atoms with Gasteiger partial charge in [-0.25, -0.2) is 4.39 Å². The van der Waals surface area contributed by atoms with Gasteiger partial charge in [-0.2, -0.15) is 0 Å². The van der Waals surface area contributed by atoms with Crippen LogP contribution in [0.15, 0.2) is 30.3 Å². The molecular weight excluding hydrogens is 315 g/mol. The number of carbonyl (C=O) groups is 1. The quantitative estimate of drug-likeness (QED) is 0.894. The summed E-state index contributed by atoms with van der Waals surface area (Å²) < 4.78 is 14.3. The van der Waals surface area contributed by atoms with Gasteiger partial charge in [0.1, 0.15) is 0 Å². The number of amides is 1. The zero-order valence-corrected chi connectivity index (χ0v) is 14.5. The molecule has 0 aliphatic carbocycles. The Kier molecular flexibility index (Phi) is 5.26. The van der Waals surface area contributed by atoms with Crippen LogP contribution in [0.2, 0.25) is 5.02 Å². The number of likely N-dealkylation sites (N-methyl/N-ethyl adjacent to an activating group) is 1. The van der Waals surface area contributed by atoms with Crippen LogP contribution in [-0.2, 0) is 11.2 Å². The molecule has 0 saturated heterocycles. The van der Waals surface area contributed by atoms with Crippen molar-refractivity contribution >= 4 is 28.9 Å². The number of halogens is 2. The molecule has 0 atom stereocenters. The van der Waals surface area contributed by atoms with E-state index in [0.717, 1.165) is 11.1 Å². The van der Waals surface area contributed by atoms with Crippen molar-refractivity contribution in [2.45, 2.75) is 20.3 Å². The molecule has 0 aliphatic rings. The first-order valence-electron chi connectivity index (χ1n) is 7.31. The average Bonchev–Trinajstić information content (AvgIpc) is 2.50. The first kappa shape index (κ1) is 17.3. The van der Waals surface area contributed by atoms with Crippen LogP contribution in [0.3, 0.4) is 0 Å². The van der Waals surface area contributed by atoms with Gasteiger partial charge in [0.2, 0.25) is 5.91 Å². The Bertz CT molecular complexity index is 744. The number of nitrogens with zero attached hydrogens (tertiary/aromatic N) is 1. The predicted octanol–water partition coefficient (Wildman–Crippen LogP) is 4.47. The summed E-state index contributed by atoms with van der Waals surface area (Å²) in [6.45, 7) is 3.59. The summed E-state index contributed by atoms with van der Waals surface area (Å²) in [6, 6.07) is 8.97. The fourth-order valence-electron chi connectivity index (χ4n) is 2.21. The summed E-state index contributed by atoms with van der Waals surface area (Å²) in [6.07, 6.45) is 0.255. The molecule has 0 saturated carbocycles. The van der Waals surface area contributed by atoms with Crippen molar-refractivity contribution in [3.05, 3.63) is 57.9 Å². The highest BCUT2D eigenvalue weighted by Crippen LogP contribution is 2.29. The fourth-order valence-corrected chi connectivity index (χ4v) is 2.36. The molecule has 2 aromatic rings. The lowest BCUT2D eigenvalue weighted by Crippen LogP contribution is -2.23. The summed E-state index contributed by atoms with van der Waals surface area (Å²) in [5.41, 5.74) is 3.33. The van der Waals surface area contributed by atoms with E-state index < -0.39 is 0 Å². The van der Waals surface area contributed by atoms with Gasteiger partial charge in [-0.05, 0) is 37.6 Å². The molecule has 0 aliphatic heterocycles. The van der Waals surface area contributed by atoms with Gasteiger partial charge >= 0.3 is 0 Å². The Balaban J connectivity index is 2.37. The maximum atomic E-state index is 14.3. The summed E-state index contributed by atoms with van der Waals surface area (Å²) in [4.78, 5) is 13.5. The number of benzene rings is 2. The second-order valence-corrected chi connectivity index (χ2v) is 6.19. The zero-order valence-electron chi connectivity index (χ0n) is 13.7. The van der Waals surface area contributed by atoms with Gasteiger partial charge in [0.25, 0.3) is 0 Å². The molecule has 2 rings (SSSR count). The summed E-state index contributed by atoms with van der Waals surface area (Å²) in [5, 5.41) is 3.46. The predicted molar refractivity (Wildman–Crippen MR) is 93.0 cm³/mol. The van der Waals surface area contributed by atoms with Crippen molar-refractivity contribution in [3.63, 3.8) is 0 Å². The van der Waals surface area contributed by atoms with E-state index in [2.05, 4.69) is 5.32 Å². The first-order chi connectivity index (χ1) is 10.8. The van der Waals surface area contributed by atoms with Gasteiger partial charge in [-0.1, -0.05) is 29.3 Å². The molecule has 0 unspecified atom stereocenters. The normalized spacial score (nSPS) is 10.5. The van der Waals surface area contributed by atoms with Gasteiger partial charge in [0.05, 0.1) is 12.1 Å². The Hall–Kier alpha value is -2.07. The second kappa shape index (κ2) is 7.01. The van der Waals surface area contributed by atoms with E-state index in [9.17, 15) is 9.18 Å². The largest absolute Gasteiger partial charge is 0.353 e. The van der Waals surface area contributed by atoms with Gasteiger partial charge in [0.15, 0.2) is 5.82 Å². The number of hydrogen-bond acceptors (Lipinski definition) is 2. The number of anilines is 2. The SMILES string of the molecule is Cc1ccc(Nc2ccc(Cl)c(C)c2F)c(CC(=O)N(C)C)c1. The van der Waals surface area contributed by atoms with E-state index in [1.165, 1.54) is 0 Å². The van der Waals surface area contributed by atoms with Gasteiger partial charge in [-0.3, -0.25) is 4.79 Å². The van der Waals surface area contributed by atoms with E-state index in [0.29, 0.717) is 22.0 Å². The Morgan fingerprint density at radius 2 is 1.83 bits per heavy atom. The van der Waals surface area contributed by atoms with E-state index in [4.69, 9.17) is 11.6 Å². The highest BCUT2D eigenvalue weighted by atomic mass is 35.5. The number of rotatable bonds is 4. The summed E-state index contributed by atoms with van der Waals surface area (Å²) >= 11 is 5.93. The van der Waals surface area contributed by atoms with E-state index in [1.54, 1.807) is 38.1 Å². The molecule has 5 heteroatoms. The highest BCUT2D eigenvalue weighted by molar-refractivity contribution is 6.31. The van der Waals surface area contributed by atoms with Crippen molar-refractivity contribution in [1.82, 2.24) is 4.90 Å². The third kappa shape index (κ3) is 4.02. The van der Waals surface area contributed by atoms with Crippen molar-refractivity contribution in [3.8, 4) is 0 Å². The van der Waals surface area contributed by atoms with Crippen LogP contribution in [0.4, 0.5) is 15.8 Å². The van der Waals surface area contributed by atoms with Gasteiger partial charge < -0.3 is 10.2 Å². The molecular formula is C18H20ClFN2O. The minimum atomic E-state index is -0.386. The topological polar surface area (TPSA) is 32.3 Å². The molecule has 0 heterocycles. The second-order valence-electron chi connectivity index (χ2n) is 5.78. The minimum Gasteiger partial charge on any atom is -0.353 e. The fraction of sp³-hybridized carbons (Fsp3) is 0.278. The molecule has 23 heavy (non-hydrogen) atoms. The monoisotopic (exact) mass is 334 g/mol. The lowest BCUT2D eigenvalue weighted by atomic mass is 10.0. The molecule has 1 amide bonds. The molecule has 0 aromatic heterocycles. The van der Waals surface area contributed by atoms with Crippen LogP contribution in [0.5, 0.6) is 0 Å². The third-order valence-electron chi connectivity index (χ3n) is 3.69. The van der Waals surface area contributed by atoms with Crippen molar-refractivity contribution in [2.24, 2.45) is 0 Å². The van der Waals surface area contributed by atoms with E-state index >= 15 is 0 Å². The molecule has 0 fully saturated rings. The molecule has 0 radical (unpaired) electrons. The van der Waals surface area contributed by atoms with Crippen molar-refractivity contribution in [2.75, 3.05) is 19.4 Å². The Morgan fingerprint density at radius 3 is 2.48 bits per heavy atom. The first-order valence-corrected chi connectivity index (χ1v) is 7.68. The van der Waals surface area contributed by atoms with Crippen LogP contribution < -0.4 is 5.32 Å². The van der Waals surface area contributed by atoms with Crippen LogP contribution in [0.25, 0.3) is 0 Å². The lowest BCUT2D eigenvalue weighted by Gasteiger charge is -2.16. The summed E-state index contributed by atoms with van der Waals surface area (Å²) in [7, 11) is 3.43. The van der Waals surface area contributed by atoms with Crippen molar-refractivity contribution < 1.29 is 9.18 Å². The molecule has 2 aromatic carbocycles. The highest BCUT2D eigenvalue weighted by Gasteiger charge is 2.13.